The molecule has 0 radical (unpaired) electrons. The van der Waals surface area contributed by atoms with Crippen LogP contribution in [0.2, 0.25) is 0 Å². The summed E-state index contributed by atoms with van der Waals surface area (Å²) in [5.74, 6) is -0.122. The Kier molecular flexibility index (Phi) is 3.84. The molecule has 1 fully saturated rings. The maximum Gasteiger partial charge on any atom is 0.249 e. The number of hydrogen-bond acceptors (Lipinski definition) is 3. The van der Waals surface area contributed by atoms with E-state index < -0.39 is 0 Å². The maximum absolute atomic E-state index is 11.9. The Morgan fingerprint density at radius 3 is 2.90 bits per heavy atom. The number of rotatable bonds is 3. The van der Waals surface area contributed by atoms with Crippen molar-refractivity contribution in [3.8, 4) is 0 Å². The SMILES string of the molecule is COCC1=CC(=O)NC2=CC(=NC(=O)C3CCC3)C=CC12. The third-order valence-corrected chi connectivity index (χ3v) is 4.09. The topological polar surface area (TPSA) is 67.8 Å². The van der Waals surface area contributed by atoms with Crippen molar-refractivity contribution in [2.75, 3.05) is 13.7 Å². The number of methoxy groups -OCH3 is 1. The van der Waals surface area contributed by atoms with E-state index in [0.29, 0.717) is 12.3 Å². The van der Waals surface area contributed by atoms with E-state index in [9.17, 15) is 9.59 Å². The zero-order valence-corrected chi connectivity index (χ0v) is 12.0. The van der Waals surface area contributed by atoms with Gasteiger partial charge in [-0.2, -0.15) is 0 Å². The normalized spacial score (nSPS) is 26.6. The summed E-state index contributed by atoms with van der Waals surface area (Å²) in [4.78, 5) is 27.8. The second-order valence-electron chi connectivity index (χ2n) is 5.58. The Labute approximate surface area is 123 Å². The number of nitrogens with zero attached hydrogens (tertiary/aromatic N) is 1. The van der Waals surface area contributed by atoms with Crippen LogP contribution in [-0.2, 0) is 14.3 Å². The predicted octanol–water partition coefficient (Wildman–Crippen LogP) is 1.53. The molecule has 0 bridgehead atoms. The molecule has 5 heteroatoms. The highest BCUT2D eigenvalue weighted by Crippen LogP contribution is 2.29. The van der Waals surface area contributed by atoms with Gasteiger partial charge in [-0.25, -0.2) is 4.99 Å². The van der Waals surface area contributed by atoms with Crippen LogP contribution in [-0.4, -0.2) is 31.2 Å². The molecule has 3 rings (SSSR count). The minimum Gasteiger partial charge on any atom is -0.380 e. The van der Waals surface area contributed by atoms with Gasteiger partial charge in [0.25, 0.3) is 0 Å². The minimum absolute atomic E-state index is 0.000375. The van der Waals surface area contributed by atoms with Gasteiger partial charge in [-0.1, -0.05) is 12.5 Å². The van der Waals surface area contributed by atoms with Crippen molar-refractivity contribution in [1.29, 1.82) is 0 Å². The van der Waals surface area contributed by atoms with Crippen molar-refractivity contribution in [3.05, 3.63) is 35.6 Å². The third kappa shape index (κ3) is 2.88. The molecule has 0 saturated heterocycles. The van der Waals surface area contributed by atoms with E-state index in [1.165, 1.54) is 0 Å². The van der Waals surface area contributed by atoms with Crippen molar-refractivity contribution in [1.82, 2.24) is 5.32 Å². The van der Waals surface area contributed by atoms with E-state index in [-0.39, 0.29) is 23.7 Å². The summed E-state index contributed by atoms with van der Waals surface area (Å²) in [6.45, 7) is 0.410. The van der Waals surface area contributed by atoms with E-state index in [4.69, 9.17) is 4.74 Å². The van der Waals surface area contributed by atoms with Gasteiger partial charge in [-0.15, -0.1) is 0 Å². The largest absolute Gasteiger partial charge is 0.380 e. The van der Waals surface area contributed by atoms with Gasteiger partial charge < -0.3 is 10.1 Å². The summed E-state index contributed by atoms with van der Waals surface area (Å²) in [6, 6.07) is 0. The molecule has 0 spiro atoms. The van der Waals surface area contributed by atoms with Crippen LogP contribution < -0.4 is 5.32 Å². The Morgan fingerprint density at radius 2 is 2.24 bits per heavy atom. The van der Waals surface area contributed by atoms with E-state index >= 15 is 0 Å². The Bertz CT molecular complexity index is 595. The fraction of sp³-hybridized carbons (Fsp3) is 0.438. The lowest BCUT2D eigenvalue weighted by atomic mass is 9.84. The number of allylic oxidation sites excluding steroid dienone is 3. The Balaban J connectivity index is 1.80. The van der Waals surface area contributed by atoms with Gasteiger partial charge in [-0.05, 0) is 30.6 Å². The zero-order valence-electron chi connectivity index (χ0n) is 12.0. The molecular weight excluding hydrogens is 268 g/mol. The van der Waals surface area contributed by atoms with Gasteiger partial charge in [0.15, 0.2) is 0 Å². The minimum atomic E-state index is -0.162. The van der Waals surface area contributed by atoms with Crippen LogP contribution in [0.5, 0.6) is 0 Å². The number of nitrogens with one attached hydrogen (secondary N) is 1. The molecule has 0 aromatic carbocycles. The molecule has 1 heterocycles. The van der Waals surface area contributed by atoms with Crippen molar-refractivity contribution in [2.45, 2.75) is 19.3 Å². The number of fused-ring (bicyclic) bond motifs is 1. The molecule has 0 aromatic heterocycles. The van der Waals surface area contributed by atoms with Gasteiger partial charge >= 0.3 is 0 Å². The highest BCUT2D eigenvalue weighted by Gasteiger charge is 2.28. The van der Waals surface area contributed by atoms with Crippen molar-refractivity contribution < 1.29 is 14.3 Å². The Morgan fingerprint density at radius 1 is 1.43 bits per heavy atom. The first-order valence-corrected chi connectivity index (χ1v) is 7.20. The molecule has 1 atom stereocenters. The summed E-state index contributed by atoms with van der Waals surface area (Å²) in [5, 5.41) is 2.81. The Hall–Kier alpha value is -2.01. The first-order chi connectivity index (χ1) is 10.2. The van der Waals surface area contributed by atoms with Crippen LogP contribution >= 0.6 is 0 Å². The van der Waals surface area contributed by atoms with Crippen LogP contribution in [0, 0.1) is 11.8 Å². The molecule has 21 heavy (non-hydrogen) atoms. The molecular formula is C16H18N2O3. The lowest BCUT2D eigenvalue weighted by Crippen LogP contribution is -2.34. The van der Waals surface area contributed by atoms with Gasteiger partial charge in [0.05, 0.1) is 12.3 Å². The van der Waals surface area contributed by atoms with Crippen molar-refractivity contribution in [2.24, 2.45) is 16.8 Å². The number of carbonyl (C=O) groups excluding carboxylic acids is 2. The highest BCUT2D eigenvalue weighted by molar-refractivity contribution is 6.11. The zero-order chi connectivity index (χ0) is 14.8. The van der Waals surface area contributed by atoms with Crippen molar-refractivity contribution >= 4 is 17.5 Å². The van der Waals surface area contributed by atoms with Crippen LogP contribution in [0.1, 0.15) is 19.3 Å². The van der Waals surface area contributed by atoms with Crippen LogP contribution in [0.15, 0.2) is 40.6 Å². The lowest BCUT2D eigenvalue weighted by Gasteiger charge is -2.27. The maximum atomic E-state index is 11.9. The molecule has 1 unspecified atom stereocenters. The quantitative estimate of drug-likeness (QED) is 0.855. The first kappa shape index (κ1) is 13.9. The average Bonchev–Trinajstić information content (AvgIpc) is 2.36. The summed E-state index contributed by atoms with van der Waals surface area (Å²) in [5.41, 5.74) is 2.28. The molecule has 3 aliphatic rings. The molecule has 1 N–H and O–H groups in total. The third-order valence-electron chi connectivity index (χ3n) is 4.09. The second kappa shape index (κ2) is 5.77. The van der Waals surface area contributed by atoms with Crippen LogP contribution in [0.3, 0.4) is 0 Å². The molecule has 1 aliphatic heterocycles. The van der Waals surface area contributed by atoms with Gasteiger partial charge in [0.2, 0.25) is 11.8 Å². The lowest BCUT2D eigenvalue weighted by molar-refractivity contribution is -0.123. The fourth-order valence-corrected chi connectivity index (χ4v) is 2.71. The number of aliphatic imine (C=N–C) groups is 1. The second-order valence-corrected chi connectivity index (χ2v) is 5.58. The smallest absolute Gasteiger partial charge is 0.249 e. The number of carbonyl (C=O) groups is 2. The summed E-state index contributed by atoms with van der Waals surface area (Å²) in [7, 11) is 1.60. The first-order valence-electron chi connectivity index (χ1n) is 7.20. The van der Waals surface area contributed by atoms with E-state index in [1.807, 2.05) is 12.2 Å². The fourth-order valence-electron chi connectivity index (χ4n) is 2.71. The molecule has 5 nitrogen and oxygen atoms in total. The summed E-state index contributed by atoms with van der Waals surface area (Å²) < 4.78 is 5.13. The van der Waals surface area contributed by atoms with Gasteiger partial charge in [-0.3, -0.25) is 9.59 Å². The van der Waals surface area contributed by atoms with Crippen LogP contribution in [0.4, 0.5) is 0 Å². The monoisotopic (exact) mass is 286 g/mol. The average molecular weight is 286 g/mol. The number of ether oxygens (including phenoxy) is 1. The number of hydrogen-bond donors (Lipinski definition) is 1. The number of amides is 2. The van der Waals surface area contributed by atoms with E-state index in [0.717, 1.165) is 30.5 Å². The summed E-state index contributed by atoms with van der Waals surface area (Å²) in [6.07, 6.45) is 10.1. The van der Waals surface area contributed by atoms with Crippen LogP contribution in [0.25, 0.3) is 0 Å². The molecule has 0 aromatic rings. The van der Waals surface area contributed by atoms with Crippen molar-refractivity contribution in [3.63, 3.8) is 0 Å². The van der Waals surface area contributed by atoms with Gasteiger partial charge in [0, 0.05) is 30.7 Å². The molecule has 2 aliphatic carbocycles. The van der Waals surface area contributed by atoms with Gasteiger partial charge in [0.1, 0.15) is 0 Å². The molecule has 110 valence electrons. The molecule has 2 amide bonds. The highest BCUT2D eigenvalue weighted by atomic mass is 16.5. The van der Waals surface area contributed by atoms with E-state index in [2.05, 4.69) is 10.3 Å². The standard InChI is InChI=1S/C16H18N2O3/c1-21-9-11-7-15(19)18-14-8-12(5-6-13(11)14)17-16(20)10-3-2-4-10/h5-8,10,13H,2-4,9H2,1H3,(H,18,19). The predicted molar refractivity (Wildman–Crippen MR) is 78.6 cm³/mol. The van der Waals surface area contributed by atoms with E-state index in [1.54, 1.807) is 19.3 Å². The molecule has 1 saturated carbocycles. The summed E-state index contributed by atoms with van der Waals surface area (Å²) >= 11 is 0.